The van der Waals surface area contributed by atoms with Gasteiger partial charge in [0.15, 0.2) is 0 Å². The van der Waals surface area contributed by atoms with Gasteiger partial charge in [0, 0.05) is 27.4 Å². The van der Waals surface area contributed by atoms with Crippen LogP contribution < -0.4 is 16.4 Å². The number of hydrogen-bond acceptors (Lipinski definition) is 7. The highest BCUT2D eigenvalue weighted by molar-refractivity contribution is 7.15. The Labute approximate surface area is 215 Å². The lowest BCUT2D eigenvalue weighted by Gasteiger charge is -2.16. The molecule has 0 aliphatic carbocycles. The van der Waals surface area contributed by atoms with Gasteiger partial charge < -0.3 is 16.4 Å². The number of nitrogens with two attached hydrogens (primary N) is 1. The number of nitrogens with zero attached hydrogens (tertiary/aromatic N) is 3. The fourth-order valence-electron chi connectivity index (χ4n) is 3.94. The monoisotopic (exact) mass is 516 g/mol. The summed E-state index contributed by atoms with van der Waals surface area (Å²) in [5, 5.41) is 6.80. The van der Waals surface area contributed by atoms with Crippen LogP contribution in [0.2, 0.25) is 0 Å². The lowest BCUT2D eigenvalue weighted by molar-refractivity contribution is 0.0940. The third-order valence-corrected chi connectivity index (χ3v) is 6.96. The van der Waals surface area contributed by atoms with E-state index in [0.717, 1.165) is 32.3 Å². The van der Waals surface area contributed by atoms with Gasteiger partial charge in [-0.25, -0.2) is 23.7 Å². The molecular formula is C27H22F2N6OS. The van der Waals surface area contributed by atoms with Crippen molar-refractivity contribution in [3.63, 3.8) is 0 Å². The van der Waals surface area contributed by atoms with Gasteiger partial charge in [-0.1, -0.05) is 6.07 Å². The number of anilines is 2. The van der Waals surface area contributed by atoms with Crippen molar-refractivity contribution < 1.29 is 13.6 Å². The number of nitrogens with one attached hydrogen (secondary N) is 2. The average Bonchev–Trinajstić information content (AvgIpc) is 3.36. The normalized spacial score (nSPS) is 11.9. The van der Waals surface area contributed by atoms with Gasteiger partial charge in [0.05, 0.1) is 23.7 Å². The van der Waals surface area contributed by atoms with Crippen LogP contribution in [0.25, 0.3) is 21.3 Å². The predicted octanol–water partition coefficient (Wildman–Crippen LogP) is 5.72. The van der Waals surface area contributed by atoms with Gasteiger partial charge in [0.1, 0.15) is 29.6 Å². The molecule has 2 aromatic carbocycles. The minimum Gasteiger partial charge on any atom is -0.383 e. The van der Waals surface area contributed by atoms with Gasteiger partial charge in [-0.15, -0.1) is 11.3 Å². The maximum atomic E-state index is 13.6. The minimum absolute atomic E-state index is 0.327. The van der Waals surface area contributed by atoms with Gasteiger partial charge in [-0.3, -0.25) is 4.79 Å². The van der Waals surface area contributed by atoms with Gasteiger partial charge in [0.25, 0.3) is 5.91 Å². The summed E-state index contributed by atoms with van der Waals surface area (Å²) in [5.41, 5.74) is 8.45. The third-order valence-electron chi connectivity index (χ3n) is 5.83. The molecule has 5 rings (SSSR count). The van der Waals surface area contributed by atoms with E-state index in [9.17, 15) is 13.6 Å². The molecule has 1 amide bonds. The summed E-state index contributed by atoms with van der Waals surface area (Å²) in [5.74, 6) is -0.965. The zero-order valence-corrected chi connectivity index (χ0v) is 20.5. The molecule has 0 aliphatic heterocycles. The second kappa shape index (κ2) is 10.3. The first kappa shape index (κ1) is 24.3. The molecule has 0 radical (unpaired) electrons. The Morgan fingerprint density at radius 2 is 1.84 bits per heavy atom. The van der Waals surface area contributed by atoms with Gasteiger partial charge in [0.2, 0.25) is 0 Å². The van der Waals surface area contributed by atoms with Crippen molar-refractivity contribution >= 4 is 39.8 Å². The standard InChI is InChI=1S/C27H22F2N6OS/c1-15(17-9-18(28)12-19(29)10-17)35-27(36)21-3-2-8-31-26(21)32-13-20-5-7-24(37-20)16-4-6-23-22(11-16)25(30)34-14-33-23/h2-12,14-15H,13H2,1H3,(H,31,32)(H,35,36)(H2,30,33,34). The molecule has 37 heavy (non-hydrogen) atoms. The number of hydrogen-bond donors (Lipinski definition) is 3. The number of rotatable bonds is 7. The second-order valence-corrected chi connectivity index (χ2v) is 9.58. The second-order valence-electron chi connectivity index (χ2n) is 8.41. The molecule has 4 N–H and O–H groups in total. The number of carbonyl (C=O) groups excluding carboxylic acids is 1. The van der Waals surface area contributed by atoms with E-state index in [4.69, 9.17) is 5.73 Å². The summed E-state index contributed by atoms with van der Waals surface area (Å²) in [6.07, 6.45) is 3.03. The number of pyridine rings is 1. The van der Waals surface area contributed by atoms with Crippen molar-refractivity contribution in [1.82, 2.24) is 20.3 Å². The average molecular weight is 517 g/mol. The van der Waals surface area contributed by atoms with E-state index >= 15 is 0 Å². The van der Waals surface area contributed by atoms with Crippen molar-refractivity contribution in [2.45, 2.75) is 19.5 Å². The molecule has 1 unspecified atom stereocenters. The van der Waals surface area contributed by atoms with E-state index in [1.807, 2.05) is 30.3 Å². The van der Waals surface area contributed by atoms with E-state index in [1.54, 1.807) is 36.6 Å². The van der Waals surface area contributed by atoms with Crippen molar-refractivity contribution in [1.29, 1.82) is 0 Å². The molecule has 186 valence electrons. The van der Waals surface area contributed by atoms with Crippen molar-refractivity contribution in [2.75, 3.05) is 11.1 Å². The molecular weight excluding hydrogens is 494 g/mol. The quantitative estimate of drug-likeness (QED) is 0.256. The lowest BCUT2D eigenvalue weighted by atomic mass is 10.1. The Morgan fingerprint density at radius 1 is 1.03 bits per heavy atom. The van der Waals surface area contributed by atoms with Crippen molar-refractivity contribution in [3.05, 3.63) is 101 Å². The lowest BCUT2D eigenvalue weighted by Crippen LogP contribution is -2.27. The summed E-state index contributed by atoms with van der Waals surface area (Å²) in [6.45, 7) is 2.11. The van der Waals surface area contributed by atoms with Gasteiger partial charge >= 0.3 is 0 Å². The molecule has 0 bridgehead atoms. The van der Waals surface area contributed by atoms with E-state index in [-0.39, 0.29) is 0 Å². The minimum atomic E-state index is -0.698. The van der Waals surface area contributed by atoms with Crippen LogP contribution in [0.3, 0.4) is 0 Å². The number of aromatic nitrogens is 3. The highest BCUT2D eigenvalue weighted by Crippen LogP contribution is 2.31. The van der Waals surface area contributed by atoms with Crippen molar-refractivity contribution in [2.24, 2.45) is 0 Å². The topological polar surface area (TPSA) is 106 Å². The number of thiophene rings is 1. The molecule has 7 nitrogen and oxygen atoms in total. The Morgan fingerprint density at radius 3 is 2.65 bits per heavy atom. The van der Waals surface area contributed by atoms with E-state index < -0.39 is 23.6 Å². The SMILES string of the molecule is CC(NC(=O)c1cccnc1NCc1ccc(-c2ccc3ncnc(N)c3c2)s1)c1cc(F)cc(F)c1. The molecule has 3 heterocycles. The van der Waals surface area contributed by atoms with E-state index in [1.165, 1.54) is 18.5 Å². The Balaban J connectivity index is 1.29. The predicted molar refractivity (Wildman–Crippen MR) is 141 cm³/mol. The summed E-state index contributed by atoms with van der Waals surface area (Å²) >= 11 is 1.60. The number of nitrogen functional groups attached to an aromatic ring is 1. The molecule has 5 aromatic rings. The van der Waals surface area contributed by atoms with E-state index in [0.29, 0.717) is 29.3 Å². The smallest absolute Gasteiger partial charge is 0.255 e. The van der Waals surface area contributed by atoms with Crippen LogP contribution in [0.15, 0.2) is 73.2 Å². The molecule has 1 atom stereocenters. The van der Waals surface area contributed by atoms with Gasteiger partial charge in [-0.2, -0.15) is 0 Å². The van der Waals surface area contributed by atoms with Gasteiger partial charge in [-0.05, 0) is 66.6 Å². The number of fused-ring (bicyclic) bond motifs is 1. The molecule has 3 aromatic heterocycles. The summed E-state index contributed by atoms with van der Waals surface area (Å²) < 4.78 is 27.2. The third kappa shape index (κ3) is 5.39. The van der Waals surface area contributed by atoms with Crippen LogP contribution in [0.1, 0.15) is 33.8 Å². The first-order valence-corrected chi connectivity index (χ1v) is 12.2. The first-order chi connectivity index (χ1) is 17.9. The largest absolute Gasteiger partial charge is 0.383 e. The van der Waals surface area contributed by atoms with Crippen LogP contribution in [0, 0.1) is 11.6 Å². The highest BCUT2D eigenvalue weighted by Gasteiger charge is 2.17. The van der Waals surface area contributed by atoms with Crippen LogP contribution in [0.5, 0.6) is 0 Å². The van der Waals surface area contributed by atoms with E-state index in [2.05, 4.69) is 25.6 Å². The zero-order valence-electron chi connectivity index (χ0n) is 19.7. The molecule has 0 aliphatic rings. The van der Waals surface area contributed by atoms with Crippen LogP contribution >= 0.6 is 11.3 Å². The molecule has 0 saturated heterocycles. The van der Waals surface area contributed by atoms with Crippen LogP contribution in [-0.2, 0) is 6.54 Å². The number of carbonyl (C=O) groups is 1. The van der Waals surface area contributed by atoms with Crippen molar-refractivity contribution in [3.8, 4) is 10.4 Å². The maximum absolute atomic E-state index is 13.6. The summed E-state index contributed by atoms with van der Waals surface area (Å²) in [7, 11) is 0. The Hall–Kier alpha value is -4.44. The van der Waals surface area contributed by atoms with Crippen LogP contribution in [-0.4, -0.2) is 20.9 Å². The fraction of sp³-hybridized carbons (Fsp3) is 0.111. The highest BCUT2D eigenvalue weighted by atomic mass is 32.1. The molecule has 10 heteroatoms. The number of benzene rings is 2. The Kier molecular flexibility index (Phi) is 6.74. The molecule has 0 fully saturated rings. The first-order valence-electron chi connectivity index (χ1n) is 11.4. The fourth-order valence-corrected chi connectivity index (χ4v) is 4.88. The number of halogens is 2. The summed E-state index contributed by atoms with van der Waals surface area (Å²) in [6, 6.07) is 15.8. The molecule has 0 saturated carbocycles. The maximum Gasteiger partial charge on any atom is 0.255 e. The number of amides is 1. The van der Waals surface area contributed by atoms with Crippen LogP contribution in [0.4, 0.5) is 20.4 Å². The zero-order chi connectivity index (χ0) is 25.9. The Bertz CT molecular complexity index is 1590. The summed E-state index contributed by atoms with van der Waals surface area (Å²) in [4.78, 5) is 27.7. The molecule has 0 spiro atoms.